The van der Waals surface area contributed by atoms with Gasteiger partial charge in [0, 0.05) is 36.3 Å². The number of carboxylic acid groups (broad SMARTS) is 1. The number of hydrogen-bond donors (Lipinski definition) is 4. The van der Waals surface area contributed by atoms with Crippen LogP contribution >= 0.6 is 0 Å². The maximum atomic E-state index is 14.2. The Bertz CT molecular complexity index is 1240. The number of amides is 2. The minimum absolute atomic E-state index is 0.165. The lowest BCUT2D eigenvalue weighted by molar-refractivity contribution is -0.192. The van der Waals surface area contributed by atoms with Crippen LogP contribution in [0.25, 0.3) is 0 Å². The average molecular weight is 602 g/mol. The third kappa shape index (κ3) is 8.23. The Morgan fingerprint density at radius 2 is 1.57 bits per heavy atom. The van der Waals surface area contributed by atoms with Crippen molar-refractivity contribution in [1.82, 2.24) is 9.80 Å². The molecule has 4 rings (SSSR count). The van der Waals surface area contributed by atoms with E-state index in [1.54, 1.807) is 6.07 Å². The summed E-state index contributed by atoms with van der Waals surface area (Å²) in [5.41, 5.74) is 6.78. The van der Waals surface area contributed by atoms with Crippen LogP contribution in [0.15, 0.2) is 42.5 Å². The van der Waals surface area contributed by atoms with Gasteiger partial charge in [0.25, 0.3) is 5.91 Å². The quantitative estimate of drug-likeness (QED) is 0.324. The van der Waals surface area contributed by atoms with Gasteiger partial charge in [-0.05, 0) is 61.4 Å². The Hall–Kier alpha value is -3.62. The topological polar surface area (TPSA) is 144 Å². The summed E-state index contributed by atoms with van der Waals surface area (Å²) >= 11 is 0. The van der Waals surface area contributed by atoms with Crippen molar-refractivity contribution >= 4 is 17.8 Å². The number of nitrogens with two attached hydrogens (primary N) is 1. The van der Waals surface area contributed by atoms with Gasteiger partial charge in [-0.15, -0.1) is 0 Å². The molecule has 3 atom stereocenters. The molecule has 2 fully saturated rings. The van der Waals surface area contributed by atoms with E-state index >= 15 is 0 Å². The van der Waals surface area contributed by atoms with Gasteiger partial charge in [-0.2, -0.15) is 13.2 Å². The number of nitrogens with zero attached hydrogens (tertiary/aromatic N) is 2. The molecular weight excluding hydrogens is 569 g/mol. The monoisotopic (exact) mass is 601 g/mol. The fraction of sp³-hybridized carbons (Fsp3) is 0.464. The highest BCUT2D eigenvalue weighted by Gasteiger charge is 2.41. The molecule has 2 saturated heterocycles. The minimum atomic E-state index is -5.08. The predicted octanol–water partition coefficient (Wildman–Crippen LogP) is 2.79. The Labute approximate surface area is 238 Å². The molecule has 0 aliphatic carbocycles. The molecule has 2 aromatic carbocycles. The molecule has 2 aliphatic heterocycles. The second-order valence-corrected chi connectivity index (χ2v) is 10.2. The van der Waals surface area contributed by atoms with Crippen LogP contribution in [0.1, 0.15) is 53.1 Å². The van der Waals surface area contributed by atoms with E-state index < -0.39 is 48.3 Å². The van der Waals surface area contributed by atoms with Crippen molar-refractivity contribution < 1.29 is 51.7 Å². The number of carboxylic acids is 1. The van der Waals surface area contributed by atoms with Gasteiger partial charge in [0.15, 0.2) is 6.10 Å². The van der Waals surface area contributed by atoms with Crippen LogP contribution in [-0.2, 0) is 16.1 Å². The first-order valence-electron chi connectivity index (χ1n) is 13.2. The van der Waals surface area contributed by atoms with Crippen molar-refractivity contribution in [3.8, 4) is 0 Å². The second kappa shape index (κ2) is 14.0. The van der Waals surface area contributed by atoms with E-state index in [1.807, 2.05) is 18.2 Å². The predicted molar refractivity (Wildman–Crippen MR) is 139 cm³/mol. The van der Waals surface area contributed by atoms with Gasteiger partial charge in [0.1, 0.15) is 11.6 Å². The SMILES string of the molecule is NC(=O)c1cccc(C2CC3CCC(C2)N3CCN(Cc2c(F)cccc2F)C(=O)[C@@H](O)CO)c1.O=C(O)C(F)(F)F. The number of alkyl halides is 3. The molecule has 230 valence electrons. The van der Waals surface area contributed by atoms with Gasteiger partial charge in [0.2, 0.25) is 5.91 Å². The normalized spacial score (nSPS) is 20.8. The van der Waals surface area contributed by atoms with Crippen molar-refractivity contribution in [3.63, 3.8) is 0 Å². The molecule has 42 heavy (non-hydrogen) atoms. The first kappa shape index (κ1) is 32.9. The van der Waals surface area contributed by atoms with Crippen LogP contribution < -0.4 is 5.73 Å². The molecule has 0 radical (unpaired) electrons. The number of aliphatic carboxylic acids is 1. The van der Waals surface area contributed by atoms with Gasteiger partial charge in [-0.25, -0.2) is 13.6 Å². The van der Waals surface area contributed by atoms with Gasteiger partial charge in [-0.3, -0.25) is 14.5 Å². The van der Waals surface area contributed by atoms with Crippen LogP contribution in [0.4, 0.5) is 22.0 Å². The molecule has 2 amide bonds. The number of carbonyl (C=O) groups is 3. The third-order valence-electron chi connectivity index (χ3n) is 7.58. The lowest BCUT2D eigenvalue weighted by Crippen LogP contribution is -2.48. The summed E-state index contributed by atoms with van der Waals surface area (Å²) in [6, 6.07) is 11.5. The average Bonchev–Trinajstić information content (AvgIpc) is 3.17. The lowest BCUT2D eigenvalue weighted by Gasteiger charge is -2.40. The number of primary amides is 1. The molecule has 5 N–H and O–H groups in total. The first-order valence-corrected chi connectivity index (χ1v) is 13.2. The van der Waals surface area contributed by atoms with Crippen LogP contribution in [0.3, 0.4) is 0 Å². The van der Waals surface area contributed by atoms with E-state index in [-0.39, 0.29) is 30.7 Å². The zero-order valence-corrected chi connectivity index (χ0v) is 22.4. The number of rotatable bonds is 9. The third-order valence-corrected chi connectivity index (χ3v) is 7.58. The van der Waals surface area contributed by atoms with Crippen molar-refractivity contribution in [3.05, 3.63) is 70.8 Å². The van der Waals surface area contributed by atoms with E-state index in [9.17, 15) is 41.8 Å². The number of aliphatic hydroxyl groups excluding tert-OH is 2. The summed E-state index contributed by atoms with van der Waals surface area (Å²) in [6.07, 6.45) is -2.93. The highest BCUT2D eigenvalue weighted by molar-refractivity contribution is 5.92. The maximum Gasteiger partial charge on any atom is 0.490 e. The summed E-state index contributed by atoms with van der Waals surface area (Å²) in [6.45, 7) is -0.446. The zero-order chi connectivity index (χ0) is 31.2. The van der Waals surface area contributed by atoms with E-state index in [4.69, 9.17) is 15.6 Å². The lowest BCUT2D eigenvalue weighted by atomic mass is 9.84. The molecule has 2 aliphatic rings. The van der Waals surface area contributed by atoms with Crippen LogP contribution in [0.5, 0.6) is 0 Å². The summed E-state index contributed by atoms with van der Waals surface area (Å²) in [7, 11) is 0. The van der Waals surface area contributed by atoms with Gasteiger partial charge >= 0.3 is 12.1 Å². The van der Waals surface area contributed by atoms with Crippen LogP contribution in [0, 0.1) is 11.6 Å². The Morgan fingerprint density at radius 3 is 2.07 bits per heavy atom. The van der Waals surface area contributed by atoms with Crippen molar-refractivity contribution in [2.24, 2.45) is 5.73 Å². The van der Waals surface area contributed by atoms with Gasteiger partial charge < -0.3 is 26.0 Å². The van der Waals surface area contributed by atoms with E-state index in [0.29, 0.717) is 18.0 Å². The van der Waals surface area contributed by atoms with Crippen molar-refractivity contribution in [2.75, 3.05) is 19.7 Å². The molecule has 2 aromatic rings. The van der Waals surface area contributed by atoms with Crippen LogP contribution in [-0.4, -0.2) is 87.0 Å². The number of halogens is 5. The minimum Gasteiger partial charge on any atom is -0.475 e. The summed E-state index contributed by atoms with van der Waals surface area (Å²) in [5.74, 6) is -5.20. The van der Waals surface area contributed by atoms with Gasteiger partial charge in [-0.1, -0.05) is 18.2 Å². The number of piperidine rings is 1. The Morgan fingerprint density at radius 1 is 1.02 bits per heavy atom. The summed E-state index contributed by atoms with van der Waals surface area (Å²) < 4.78 is 60.2. The van der Waals surface area contributed by atoms with E-state index in [1.165, 1.54) is 11.0 Å². The summed E-state index contributed by atoms with van der Waals surface area (Å²) in [5, 5.41) is 26.3. The fourth-order valence-corrected chi connectivity index (χ4v) is 5.52. The fourth-order valence-electron chi connectivity index (χ4n) is 5.52. The molecule has 9 nitrogen and oxygen atoms in total. The Balaban J connectivity index is 0.000000616. The largest absolute Gasteiger partial charge is 0.490 e. The standard InChI is InChI=1S/C26H31F2N3O4.C2HF3O2/c27-22-5-2-6-23(28)21(22)14-30(26(35)24(33)15-32)9-10-31-19-7-8-20(31)13-18(12-19)16-3-1-4-17(11-16)25(29)34;3-2(4,5)1(6)7/h1-6,11,18-20,24,32-33H,7-10,12-15H2,(H2,29,34);(H,6,7)/t18?,19?,20?,24-;/m0./s1. The Kier molecular flexibility index (Phi) is 11.0. The number of hydrogen-bond acceptors (Lipinski definition) is 6. The smallest absolute Gasteiger partial charge is 0.475 e. The molecule has 2 heterocycles. The van der Waals surface area contributed by atoms with Crippen LogP contribution in [0.2, 0.25) is 0 Å². The second-order valence-electron chi connectivity index (χ2n) is 10.2. The molecule has 0 saturated carbocycles. The number of benzene rings is 2. The molecular formula is C28H32F5N3O6. The highest BCUT2D eigenvalue weighted by Crippen LogP contribution is 2.43. The van der Waals surface area contributed by atoms with E-state index in [0.717, 1.165) is 43.4 Å². The molecule has 14 heteroatoms. The molecule has 0 aromatic heterocycles. The van der Waals surface area contributed by atoms with Crippen molar-refractivity contribution in [2.45, 2.75) is 62.5 Å². The summed E-state index contributed by atoms with van der Waals surface area (Å²) in [4.78, 5) is 36.7. The van der Waals surface area contributed by atoms with Crippen molar-refractivity contribution in [1.29, 1.82) is 0 Å². The molecule has 0 spiro atoms. The first-order chi connectivity index (χ1) is 19.7. The molecule has 2 bridgehead atoms. The maximum absolute atomic E-state index is 14.2. The van der Waals surface area contributed by atoms with E-state index in [2.05, 4.69) is 4.90 Å². The molecule has 2 unspecified atom stereocenters. The van der Waals surface area contributed by atoms with Gasteiger partial charge in [0.05, 0.1) is 13.2 Å². The highest BCUT2D eigenvalue weighted by atomic mass is 19.4. The number of carbonyl (C=O) groups excluding carboxylic acids is 2. The number of aliphatic hydroxyl groups is 2. The number of fused-ring (bicyclic) bond motifs is 2. The zero-order valence-electron chi connectivity index (χ0n) is 22.4.